The molecule has 150 valence electrons. The molecule has 2 aromatic rings. The van der Waals surface area contributed by atoms with E-state index in [2.05, 4.69) is 51.4 Å². The Kier molecular flexibility index (Phi) is 5.81. The molecule has 2 fully saturated rings. The molecule has 0 spiro atoms. The summed E-state index contributed by atoms with van der Waals surface area (Å²) in [5.41, 5.74) is 3.75. The van der Waals surface area contributed by atoms with Crippen molar-refractivity contribution in [1.82, 2.24) is 20.2 Å². The first-order valence-electron chi connectivity index (χ1n) is 10.7. The smallest absolute Gasteiger partial charge is 0.217 e. The Balaban J connectivity index is 1.41. The fourth-order valence-corrected chi connectivity index (χ4v) is 4.89. The monoisotopic (exact) mass is 380 g/mol. The summed E-state index contributed by atoms with van der Waals surface area (Å²) < 4.78 is 0. The molecular weight excluding hydrogens is 348 g/mol. The van der Waals surface area contributed by atoms with Crippen LogP contribution in [0.5, 0.6) is 0 Å². The van der Waals surface area contributed by atoms with Crippen molar-refractivity contribution in [2.75, 3.05) is 13.1 Å². The molecule has 0 radical (unpaired) electrons. The zero-order valence-electron chi connectivity index (χ0n) is 17.1. The van der Waals surface area contributed by atoms with Crippen molar-refractivity contribution < 1.29 is 4.79 Å². The van der Waals surface area contributed by atoms with Gasteiger partial charge >= 0.3 is 0 Å². The Hall–Kier alpha value is -2.14. The Bertz CT molecular complexity index is 791. The van der Waals surface area contributed by atoms with Crippen LogP contribution in [0, 0.1) is 12.8 Å². The van der Waals surface area contributed by atoms with Crippen LogP contribution >= 0.6 is 0 Å². The van der Waals surface area contributed by atoms with E-state index >= 15 is 0 Å². The van der Waals surface area contributed by atoms with Crippen LogP contribution in [-0.2, 0) is 17.8 Å². The van der Waals surface area contributed by atoms with E-state index in [0.29, 0.717) is 5.92 Å². The first-order valence-corrected chi connectivity index (χ1v) is 10.7. The summed E-state index contributed by atoms with van der Waals surface area (Å²) in [6, 6.07) is 8.88. The number of H-pyrrole nitrogens is 1. The maximum Gasteiger partial charge on any atom is 0.217 e. The van der Waals surface area contributed by atoms with Crippen LogP contribution in [0.3, 0.4) is 0 Å². The fourth-order valence-electron chi connectivity index (χ4n) is 4.89. The topological polar surface area (TPSA) is 61.0 Å². The number of hydrogen-bond donors (Lipinski definition) is 2. The number of aromatic nitrogens is 2. The summed E-state index contributed by atoms with van der Waals surface area (Å²) in [6.07, 6.45) is 8.52. The van der Waals surface area contributed by atoms with Crippen molar-refractivity contribution in [2.45, 2.75) is 64.5 Å². The highest BCUT2D eigenvalue weighted by molar-refractivity contribution is 5.73. The molecule has 1 aliphatic heterocycles. The van der Waals surface area contributed by atoms with E-state index in [4.69, 9.17) is 0 Å². The summed E-state index contributed by atoms with van der Waals surface area (Å²) in [6.45, 7) is 6.40. The van der Waals surface area contributed by atoms with E-state index in [-0.39, 0.29) is 11.9 Å². The van der Waals surface area contributed by atoms with Crippen molar-refractivity contribution >= 4 is 5.91 Å². The lowest BCUT2D eigenvalue weighted by Gasteiger charge is -2.19. The van der Waals surface area contributed by atoms with Crippen LogP contribution < -0.4 is 5.32 Å². The van der Waals surface area contributed by atoms with Gasteiger partial charge in [-0.05, 0) is 18.4 Å². The van der Waals surface area contributed by atoms with E-state index in [1.54, 1.807) is 6.92 Å². The number of hydrogen-bond acceptors (Lipinski definition) is 3. The molecular formula is C23H32N4O. The van der Waals surface area contributed by atoms with Crippen molar-refractivity contribution in [3.05, 3.63) is 53.1 Å². The van der Waals surface area contributed by atoms with E-state index in [1.165, 1.54) is 42.5 Å². The number of carbonyl (C=O) groups excluding carboxylic acids is 1. The zero-order valence-corrected chi connectivity index (χ0v) is 17.1. The molecule has 5 heteroatoms. The maximum atomic E-state index is 11.7. The third-order valence-electron chi connectivity index (χ3n) is 6.32. The summed E-state index contributed by atoms with van der Waals surface area (Å²) in [7, 11) is 0. The standard InChI is InChI=1S/C23H32N4O/c1-16-7-9-19(10-8-16)21-14-27(15-22(21)25-17(2)28)13-20-12-24-23(26-20)11-18-5-3-4-6-18/h7-10,12,18,21-22H,3-6,11,13-15H2,1-2H3,(H,24,26)(H,25,28). The highest BCUT2D eigenvalue weighted by Gasteiger charge is 2.34. The summed E-state index contributed by atoms with van der Waals surface area (Å²) >= 11 is 0. The summed E-state index contributed by atoms with van der Waals surface area (Å²) in [4.78, 5) is 22.3. The first-order chi connectivity index (χ1) is 13.6. The fraction of sp³-hybridized carbons (Fsp3) is 0.565. The van der Waals surface area contributed by atoms with Gasteiger partial charge in [0.15, 0.2) is 0 Å². The molecule has 1 aliphatic carbocycles. The van der Waals surface area contributed by atoms with Gasteiger partial charge in [-0.15, -0.1) is 0 Å². The molecule has 4 rings (SSSR count). The number of imidazole rings is 1. The average molecular weight is 381 g/mol. The van der Waals surface area contributed by atoms with E-state index in [9.17, 15) is 4.79 Å². The molecule has 28 heavy (non-hydrogen) atoms. The van der Waals surface area contributed by atoms with E-state index in [0.717, 1.165) is 37.8 Å². The second-order valence-electron chi connectivity index (χ2n) is 8.73. The molecule has 2 unspecified atom stereocenters. The van der Waals surface area contributed by atoms with Gasteiger partial charge in [0.05, 0.1) is 0 Å². The lowest BCUT2D eigenvalue weighted by Crippen LogP contribution is -2.38. The van der Waals surface area contributed by atoms with Crippen LogP contribution in [0.1, 0.15) is 61.2 Å². The van der Waals surface area contributed by atoms with Gasteiger partial charge in [-0.2, -0.15) is 0 Å². The van der Waals surface area contributed by atoms with Gasteiger partial charge < -0.3 is 10.3 Å². The van der Waals surface area contributed by atoms with Gasteiger partial charge in [-0.3, -0.25) is 9.69 Å². The van der Waals surface area contributed by atoms with Gasteiger partial charge in [-0.25, -0.2) is 4.98 Å². The second-order valence-corrected chi connectivity index (χ2v) is 8.73. The van der Waals surface area contributed by atoms with Gasteiger partial charge in [0.2, 0.25) is 5.91 Å². The number of rotatable bonds is 6. The number of nitrogens with zero attached hydrogens (tertiary/aromatic N) is 2. The van der Waals surface area contributed by atoms with Crippen LogP contribution in [0.15, 0.2) is 30.5 Å². The lowest BCUT2D eigenvalue weighted by atomic mass is 9.93. The molecule has 1 aromatic carbocycles. The number of aromatic amines is 1. The molecule has 5 nitrogen and oxygen atoms in total. The average Bonchev–Trinajstić information content (AvgIpc) is 3.39. The Morgan fingerprint density at radius 2 is 1.96 bits per heavy atom. The highest BCUT2D eigenvalue weighted by atomic mass is 16.1. The van der Waals surface area contributed by atoms with Crippen molar-refractivity contribution in [2.24, 2.45) is 5.92 Å². The van der Waals surface area contributed by atoms with E-state index in [1.807, 2.05) is 6.20 Å². The third kappa shape index (κ3) is 4.64. The number of benzene rings is 1. The Labute approximate surface area is 167 Å². The minimum Gasteiger partial charge on any atom is -0.352 e. The largest absolute Gasteiger partial charge is 0.352 e. The second kappa shape index (κ2) is 8.48. The molecule has 1 amide bonds. The molecule has 1 aromatic heterocycles. The Morgan fingerprint density at radius 1 is 1.21 bits per heavy atom. The van der Waals surface area contributed by atoms with Crippen LogP contribution in [0.4, 0.5) is 0 Å². The SMILES string of the molecule is CC(=O)NC1CN(Cc2cnc(CC3CCCC3)[nH]2)CC1c1ccc(C)cc1. The van der Waals surface area contributed by atoms with Gasteiger partial charge in [0.1, 0.15) is 5.82 Å². The predicted molar refractivity (Wildman–Crippen MR) is 111 cm³/mol. The van der Waals surface area contributed by atoms with E-state index < -0.39 is 0 Å². The molecule has 2 aliphatic rings. The van der Waals surface area contributed by atoms with Crippen LogP contribution in [-0.4, -0.2) is 39.9 Å². The molecule has 2 atom stereocenters. The number of likely N-dealkylation sites (tertiary alicyclic amines) is 1. The number of amides is 1. The Morgan fingerprint density at radius 3 is 2.68 bits per heavy atom. The molecule has 2 heterocycles. The normalized spacial score (nSPS) is 23.4. The molecule has 2 N–H and O–H groups in total. The van der Waals surface area contributed by atoms with Crippen molar-refractivity contribution in [1.29, 1.82) is 0 Å². The number of carbonyl (C=O) groups is 1. The van der Waals surface area contributed by atoms with Gasteiger partial charge in [0, 0.05) is 56.8 Å². The van der Waals surface area contributed by atoms with Gasteiger partial charge in [-0.1, -0.05) is 55.5 Å². The first kappa shape index (κ1) is 19.2. The lowest BCUT2D eigenvalue weighted by molar-refractivity contribution is -0.119. The van der Waals surface area contributed by atoms with Crippen LogP contribution in [0.25, 0.3) is 0 Å². The van der Waals surface area contributed by atoms with Gasteiger partial charge in [0.25, 0.3) is 0 Å². The molecule has 1 saturated carbocycles. The quantitative estimate of drug-likeness (QED) is 0.806. The summed E-state index contributed by atoms with van der Waals surface area (Å²) in [5, 5.41) is 3.17. The molecule has 1 saturated heterocycles. The maximum absolute atomic E-state index is 11.7. The predicted octanol–water partition coefficient (Wildman–Crippen LogP) is 3.55. The van der Waals surface area contributed by atoms with Crippen molar-refractivity contribution in [3.8, 4) is 0 Å². The minimum atomic E-state index is 0.0457. The number of aryl methyl sites for hydroxylation is 1. The van der Waals surface area contributed by atoms with Crippen LogP contribution in [0.2, 0.25) is 0 Å². The summed E-state index contributed by atoms with van der Waals surface area (Å²) in [5.74, 6) is 2.31. The molecule has 0 bridgehead atoms. The minimum absolute atomic E-state index is 0.0457. The third-order valence-corrected chi connectivity index (χ3v) is 6.32. The number of nitrogens with one attached hydrogen (secondary N) is 2. The highest BCUT2D eigenvalue weighted by Crippen LogP contribution is 2.30. The van der Waals surface area contributed by atoms with Crippen molar-refractivity contribution in [3.63, 3.8) is 0 Å². The zero-order chi connectivity index (χ0) is 19.5.